The number of amides is 2. The van der Waals surface area contributed by atoms with Gasteiger partial charge in [0.1, 0.15) is 0 Å². The predicted octanol–water partition coefficient (Wildman–Crippen LogP) is 4.04. The van der Waals surface area contributed by atoms with Crippen LogP contribution < -0.4 is 10.6 Å². The molecule has 5 rings (SSSR count). The average Bonchev–Trinajstić information content (AvgIpc) is 3.45. The normalized spacial score (nSPS) is 12.1. The van der Waals surface area contributed by atoms with E-state index in [9.17, 15) is 14.7 Å². The average molecular weight is 471 g/mol. The van der Waals surface area contributed by atoms with E-state index in [0.29, 0.717) is 11.1 Å². The second kappa shape index (κ2) is 9.09. The number of nitrogens with one attached hydrogen (secondary N) is 2. The fourth-order valence-corrected chi connectivity index (χ4v) is 4.85. The zero-order valence-corrected chi connectivity index (χ0v) is 19.2. The lowest BCUT2D eigenvalue weighted by Crippen LogP contribution is -2.28. The number of fused-ring (bicyclic) bond motifs is 3. The fourth-order valence-electron chi connectivity index (χ4n) is 3.80. The molecule has 7 nitrogen and oxygen atoms in total. The van der Waals surface area contributed by atoms with Crippen LogP contribution in [0.4, 0.5) is 0 Å². The van der Waals surface area contributed by atoms with Crippen LogP contribution >= 0.6 is 11.3 Å². The number of rotatable bonds is 6. The van der Waals surface area contributed by atoms with E-state index >= 15 is 0 Å². The molecule has 3 N–H and O–H groups in total. The third-order valence-corrected chi connectivity index (χ3v) is 6.68. The van der Waals surface area contributed by atoms with Crippen molar-refractivity contribution in [2.75, 3.05) is 13.6 Å². The lowest BCUT2D eigenvalue weighted by atomic mass is 10.1. The minimum atomic E-state index is -0.761. The SMILES string of the molecule is CNC(=O)c1ccc(-c2cn3c(n2)sc2cc(C(=O)NC[C@H](O)c4ccccc4)ccc23)cc1. The molecule has 0 spiro atoms. The van der Waals surface area contributed by atoms with Crippen molar-refractivity contribution < 1.29 is 14.7 Å². The van der Waals surface area contributed by atoms with E-state index in [2.05, 4.69) is 10.6 Å². The minimum absolute atomic E-state index is 0.127. The topological polar surface area (TPSA) is 95.7 Å². The van der Waals surface area contributed by atoms with E-state index < -0.39 is 6.10 Å². The predicted molar refractivity (Wildman–Crippen MR) is 133 cm³/mol. The Morgan fingerprint density at radius 2 is 1.74 bits per heavy atom. The number of aliphatic hydroxyl groups excluding tert-OH is 1. The van der Waals surface area contributed by atoms with Gasteiger partial charge in [-0.05, 0) is 35.9 Å². The van der Waals surface area contributed by atoms with Gasteiger partial charge in [-0.1, -0.05) is 53.8 Å². The summed E-state index contributed by atoms with van der Waals surface area (Å²) in [6, 6.07) is 22.1. The highest BCUT2D eigenvalue weighted by Crippen LogP contribution is 2.30. The number of thiazole rings is 1. The first-order valence-electron chi connectivity index (χ1n) is 10.8. The summed E-state index contributed by atoms with van der Waals surface area (Å²) in [6.07, 6.45) is 1.20. The van der Waals surface area contributed by atoms with Crippen LogP contribution in [-0.4, -0.2) is 39.9 Å². The summed E-state index contributed by atoms with van der Waals surface area (Å²) in [5.74, 6) is -0.363. The van der Waals surface area contributed by atoms with Gasteiger partial charge in [0.05, 0.1) is 22.0 Å². The van der Waals surface area contributed by atoms with Crippen molar-refractivity contribution in [3.63, 3.8) is 0 Å². The molecule has 0 aliphatic carbocycles. The number of nitrogens with zero attached hydrogens (tertiary/aromatic N) is 2. The minimum Gasteiger partial charge on any atom is -0.387 e. The van der Waals surface area contributed by atoms with Crippen molar-refractivity contribution in [2.45, 2.75) is 6.10 Å². The number of hydrogen-bond acceptors (Lipinski definition) is 5. The Bertz CT molecular complexity index is 1490. The maximum atomic E-state index is 12.6. The van der Waals surface area contributed by atoms with Crippen LogP contribution in [0.15, 0.2) is 79.0 Å². The van der Waals surface area contributed by atoms with Gasteiger partial charge in [0.15, 0.2) is 4.96 Å². The first kappa shape index (κ1) is 21.8. The molecule has 0 aliphatic rings. The molecule has 1 atom stereocenters. The number of hydrogen-bond donors (Lipinski definition) is 3. The van der Waals surface area contributed by atoms with Gasteiger partial charge in [0.2, 0.25) is 0 Å². The lowest BCUT2D eigenvalue weighted by molar-refractivity contribution is 0.0915. The van der Waals surface area contributed by atoms with E-state index in [1.165, 1.54) is 11.3 Å². The summed E-state index contributed by atoms with van der Waals surface area (Å²) in [6.45, 7) is 0.136. The quantitative estimate of drug-likeness (QED) is 0.349. The highest BCUT2D eigenvalue weighted by molar-refractivity contribution is 7.23. The summed E-state index contributed by atoms with van der Waals surface area (Å²) in [5, 5.41) is 15.7. The highest BCUT2D eigenvalue weighted by Gasteiger charge is 2.15. The van der Waals surface area contributed by atoms with Crippen LogP contribution in [0.5, 0.6) is 0 Å². The van der Waals surface area contributed by atoms with Gasteiger partial charge in [-0.2, -0.15) is 0 Å². The maximum Gasteiger partial charge on any atom is 0.251 e. The van der Waals surface area contributed by atoms with Crippen LogP contribution in [0.2, 0.25) is 0 Å². The standard InChI is InChI=1S/C26H22N4O3S/c1-27-24(32)18-9-7-16(8-10-18)20-15-30-21-12-11-19(13-23(21)34-26(30)29-20)25(33)28-14-22(31)17-5-3-2-4-6-17/h2-13,15,22,31H,14H2,1H3,(H,27,32)(H,28,33)/t22-/m0/s1. The highest BCUT2D eigenvalue weighted by atomic mass is 32.1. The van der Waals surface area contributed by atoms with Crippen LogP contribution in [-0.2, 0) is 0 Å². The van der Waals surface area contributed by atoms with E-state index in [4.69, 9.17) is 4.98 Å². The maximum absolute atomic E-state index is 12.6. The first-order valence-corrected chi connectivity index (χ1v) is 11.6. The molecule has 0 fully saturated rings. The Hall–Kier alpha value is -4.01. The van der Waals surface area contributed by atoms with Crippen LogP contribution in [0.25, 0.3) is 26.4 Å². The molecule has 0 saturated carbocycles. The molecule has 170 valence electrons. The van der Waals surface area contributed by atoms with Crippen LogP contribution in [0, 0.1) is 0 Å². The second-order valence-electron chi connectivity index (χ2n) is 7.86. The van der Waals surface area contributed by atoms with Crippen LogP contribution in [0.3, 0.4) is 0 Å². The molecule has 0 radical (unpaired) electrons. The second-order valence-corrected chi connectivity index (χ2v) is 8.87. The van der Waals surface area contributed by atoms with Gasteiger partial charge in [0, 0.05) is 36.5 Å². The molecule has 2 heterocycles. The van der Waals surface area contributed by atoms with Gasteiger partial charge in [-0.25, -0.2) is 4.98 Å². The molecule has 5 aromatic rings. The van der Waals surface area contributed by atoms with E-state index in [-0.39, 0.29) is 18.4 Å². The molecule has 0 unspecified atom stereocenters. The Morgan fingerprint density at radius 1 is 1.00 bits per heavy atom. The number of carbonyl (C=O) groups is 2. The number of aromatic nitrogens is 2. The molecule has 3 aromatic carbocycles. The largest absolute Gasteiger partial charge is 0.387 e. The third-order valence-electron chi connectivity index (χ3n) is 5.67. The zero-order chi connectivity index (χ0) is 23.7. The van der Waals surface area contributed by atoms with Crippen molar-refractivity contribution in [3.05, 3.63) is 95.7 Å². The molecular weight excluding hydrogens is 448 g/mol. The smallest absolute Gasteiger partial charge is 0.251 e. The van der Waals surface area contributed by atoms with Crippen molar-refractivity contribution >= 4 is 38.3 Å². The summed E-state index contributed by atoms with van der Waals surface area (Å²) >= 11 is 1.50. The third kappa shape index (κ3) is 4.16. The first-order chi connectivity index (χ1) is 16.5. The van der Waals surface area contributed by atoms with E-state index in [1.807, 2.05) is 65.2 Å². The van der Waals surface area contributed by atoms with Gasteiger partial charge < -0.3 is 15.7 Å². The molecule has 2 amide bonds. The molecular formula is C26H22N4O3S. The van der Waals surface area contributed by atoms with Gasteiger partial charge in [-0.3, -0.25) is 14.0 Å². The lowest BCUT2D eigenvalue weighted by Gasteiger charge is -2.12. The van der Waals surface area contributed by atoms with Gasteiger partial charge >= 0.3 is 0 Å². The van der Waals surface area contributed by atoms with E-state index in [1.54, 1.807) is 25.2 Å². The summed E-state index contributed by atoms with van der Waals surface area (Å²) in [5.41, 5.74) is 4.58. The van der Waals surface area contributed by atoms with Crippen molar-refractivity contribution in [1.29, 1.82) is 0 Å². The Morgan fingerprint density at radius 3 is 2.47 bits per heavy atom. The molecule has 34 heavy (non-hydrogen) atoms. The summed E-state index contributed by atoms with van der Waals surface area (Å²) in [4.78, 5) is 29.9. The van der Waals surface area contributed by atoms with Crippen molar-refractivity contribution in [1.82, 2.24) is 20.0 Å². The monoisotopic (exact) mass is 470 g/mol. The molecule has 0 saturated heterocycles. The Balaban J connectivity index is 1.34. The Labute approximate surface area is 199 Å². The number of aliphatic hydroxyl groups is 1. The summed E-state index contributed by atoms with van der Waals surface area (Å²) in [7, 11) is 1.61. The number of carbonyl (C=O) groups excluding carboxylic acids is 2. The molecule has 0 bridgehead atoms. The number of benzene rings is 3. The molecule has 2 aromatic heterocycles. The molecule has 8 heteroatoms. The van der Waals surface area contributed by atoms with Crippen molar-refractivity contribution in [2.24, 2.45) is 0 Å². The number of imidazole rings is 1. The summed E-state index contributed by atoms with van der Waals surface area (Å²) < 4.78 is 2.95. The van der Waals surface area contributed by atoms with E-state index in [0.717, 1.165) is 32.0 Å². The fraction of sp³-hybridized carbons (Fsp3) is 0.115. The zero-order valence-electron chi connectivity index (χ0n) is 18.4. The van der Waals surface area contributed by atoms with Gasteiger partial charge in [0.25, 0.3) is 11.8 Å². The Kier molecular flexibility index (Phi) is 5.83. The van der Waals surface area contributed by atoms with Crippen LogP contribution in [0.1, 0.15) is 32.4 Å². The molecule has 0 aliphatic heterocycles. The van der Waals surface area contributed by atoms with Gasteiger partial charge in [-0.15, -0.1) is 0 Å². The van der Waals surface area contributed by atoms with Crippen molar-refractivity contribution in [3.8, 4) is 11.3 Å².